The minimum absolute atomic E-state index is 0.0585. The summed E-state index contributed by atoms with van der Waals surface area (Å²) in [7, 11) is 1.50. The summed E-state index contributed by atoms with van der Waals surface area (Å²) in [5.41, 5.74) is 1.47. The maximum Gasteiger partial charge on any atom is 0.125 e. The molecule has 0 bridgehead atoms. The molecule has 0 aromatic heterocycles. The second-order valence-corrected chi connectivity index (χ2v) is 4.40. The average Bonchev–Trinajstić information content (AvgIpc) is 2.46. The molecule has 0 heterocycles. The molecule has 0 aliphatic rings. The van der Waals surface area contributed by atoms with Gasteiger partial charge in [-0.15, -0.1) is 0 Å². The summed E-state index contributed by atoms with van der Waals surface area (Å²) in [5.74, 6) is 0.591. The summed E-state index contributed by atoms with van der Waals surface area (Å²) >= 11 is 0. The van der Waals surface area contributed by atoms with Crippen LogP contribution < -0.4 is 4.74 Å². The van der Waals surface area contributed by atoms with Gasteiger partial charge in [0.25, 0.3) is 0 Å². The molecule has 0 spiro atoms. The van der Waals surface area contributed by atoms with E-state index in [0.717, 1.165) is 0 Å². The Morgan fingerprint density at radius 1 is 1.10 bits per heavy atom. The largest absolute Gasteiger partial charge is 0.508 e. The number of hydrogen-bond donors (Lipinski definition) is 3. The third-order valence-corrected chi connectivity index (χ3v) is 3.10. The van der Waals surface area contributed by atoms with Crippen molar-refractivity contribution in [2.75, 3.05) is 7.11 Å². The maximum atomic E-state index is 10.3. The van der Waals surface area contributed by atoms with Crippen LogP contribution in [-0.2, 0) is 0 Å². The van der Waals surface area contributed by atoms with Crippen molar-refractivity contribution in [1.82, 2.24) is 0 Å². The molecule has 2 aromatic carbocycles. The Morgan fingerprint density at radius 3 is 2.30 bits per heavy atom. The molecule has 0 saturated carbocycles. The first-order valence-corrected chi connectivity index (χ1v) is 6.06. The number of aliphatic hydroxyl groups is 1. The Bertz CT molecular complexity index is 617. The van der Waals surface area contributed by atoms with Crippen LogP contribution in [0.15, 0.2) is 49.0 Å². The topological polar surface area (TPSA) is 69.9 Å². The van der Waals surface area contributed by atoms with Gasteiger partial charge in [-0.2, -0.15) is 0 Å². The first kappa shape index (κ1) is 14.0. The van der Waals surface area contributed by atoms with E-state index >= 15 is 0 Å². The molecule has 0 fully saturated rings. The van der Waals surface area contributed by atoms with Gasteiger partial charge in [-0.05, 0) is 35.4 Å². The first-order valence-electron chi connectivity index (χ1n) is 6.06. The molecule has 1 atom stereocenters. The minimum atomic E-state index is -1.04. The molecule has 0 amide bonds. The lowest BCUT2D eigenvalue weighted by Crippen LogP contribution is -2.01. The SMILES string of the molecule is C=C(c1ccc(O)cc1)C(O)c1ccc(OC)cc1O. The number of benzene rings is 2. The summed E-state index contributed by atoms with van der Waals surface area (Å²) < 4.78 is 5.00. The number of aliphatic hydroxyl groups excluding tert-OH is 1. The highest BCUT2D eigenvalue weighted by Crippen LogP contribution is 2.35. The molecule has 0 saturated heterocycles. The zero-order chi connectivity index (χ0) is 14.7. The van der Waals surface area contributed by atoms with E-state index in [1.54, 1.807) is 24.3 Å². The summed E-state index contributed by atoms with van der Waals surface area (Å²) in [5, 5.41) is 29.5. The van der Waals surface area contributed by atoms with Gasteiger partial charge in [0.1, 0.15) is 23.4 Å². The molecular formula is C16H16O4. The van der Waals surface area contributed by atoms with Crippen LogP contribution in [0.2, 0.25) is 0 Å². The van der Waals surface area contributed by atoms with E-state index in [1.165, 1.54) is 25.3 Å². The van der Waals surface area contributed by atoms with E-state index < -0.39 is 6.10 Å². The van der Waals surface area contributed by atoms with E-state index in [2.05, 4.69) is 6.58 Å². The number of phenols is 2. The minimum Gasteiger partial charge on any atom is -0.508 e. The second kappa shape index (κ2) is 5.67. The number of methoxy groups -OCH3 is 1. The molecule has 4 nitrogen and oxygen atoms in total. The number of phenolic OH excluding ortho intramolecular Hbond substituents is 2. The van der Waals surface area contributed by atoms with Gasteiger partial charge in [0.2, 0.25) is 0 Å². The number of hydrogen-bond acceptors (Lipinski definition) is 4. The first-order chi connectivity index (χ1) is 9.52. The molecule has 2 aromatic rings. The number of aromatic hydroxyl groups is 2. The van der Waals surface area contributed by atoms with Crippen molar-refractivity contribution >= 4 is 5.57 Å². The molecular weight excluding hydrogens is 256 g/mol. The highest BCUT2D eigenvalue weighted by atomic mass is 16.5. The fraction of sp³-hybridized carbons (Fsp3) is 0.125. The molecule has 3 N–H and O–H groups in total. The second-order valence-electron chi connectivity index (χ2n) is 4.40. The zero-order valence-electron chi connectivity index (χ0n) is 11.1. The third kappa shape index (κ3) is 2.75. The quantitative estimate of drug-likeness (QED) is 0.800. The predicted molar refractivity (Wildman–Crippen MR) is 76.8 cm³/mol. The number of rotatable bonds is 4. The molecule has 0 radical (unpaired) electrons. The van der Waals surface area contributed by atoms with E-state index in [1.807, 2.05) is 0 Å². The lowest BCUT2D eigenvalue weighted by atomic mass is 9.96. The van der Waals surface area contributed by atoms with E-state index in [4.69, 9.17) is 4.74 Å². The van der Waals surface area contributed by atoms with Crippen LogP contribution in [0.5, 0.6) is 17.2 Å². The van der Waals surface area contributed by atoms with Crippen LogP contribution >= 0.6 is 0 Å². The van der Waals surface area contributed by atoms with Gasteiger partial charge in [0.05, 0.1) is 7.11 Å². The van der Waals surface area contributed by atoms with Gasteiger partial charge in [-0.25, -0.2) is 0 Å². The van der Waals surface area contributed by atoms with Crippen molar-refractivity contribution in [3.63, 3.8) is 0 Å². The Balaban J connectivity index is 2.28. The predicted octanol–water partition coefficient (Wildman–Crippen LogP) is 2.85. The van der Waals surface area contributed by atoms with Crippen LogP contribution in [0, 0.1) is 0 Å². The van der Waals surface area contributed by atoms with Crippen LogP contribution in [0.1, 0.15) is 17.2 Å². The molecule has 1 unspecified atom stereocenters. The maximum absolute atomic E-state index is 10.3. The van der Waals surface area contributed by atoms with E-state index in [9.17, 15) is 15.3 Å². The van der Waals surface area contributed by atoms with Crippen molar-refractivity contribution in [2.45, 2.75) is 6.10 Å². The normalized spacial score (nSPS) is 11.9. The Hall–Kier alpha value is -2.46. The Morgan fingerprint density at radius 2 is 1.75 bits per heavy atom. The van der Waals surface area contributed by atoms with E-state index in [-0.39, 0.29) is 11.5 Å². The van der Waals surface area contributed by atoms with Crippen molar-refractivity contribution in [1.29, 1.82) is 0 Å². The highest BCUT2D eigenvalue weighted by Gasteiger charge is 2.17. The lowest BCUT2D eigenvalue weighted by molar-refractivity contribution is 0.233. The molecule has 0 aliphatic carbocycles. The van der Waals surface area contributed by atoms with Crippen LogP contribution in [0.3, 0.4) is 0 Å². The van der Waals surface area contributed by atoms with Gasteiger partial charge in [0, 0.05) is 11.6 Å². The van der Waals surface area contributed by atoms with Crippen LogP contribution in [0.25, 0.3) is 5.57 Å². The van der Waals surface area contributed by atoms with Crippen molar-refractivity contribution in [3.05, 3.63) is 60.2 Å². The van der Waals surface area contributed by atoms with Gasteiger partial charge in [0.15, 0.2) is 0 Å². The lowest BCUT2D eigenvalue weighted by Gasteiger charge is -2.16. The Labute approximate surface area is 117 Å². The van der Waals surface area contributed by atoms with Crippen molar-refractivity contribution in [3.8, 4) is 17.2 Å². The van der Waals surface area contributed by atoms with Gasteiger partial charge < -0.3 is 20.1 Å². The summed E-state index contributed by atoms with van der Waals surface area (Å²) in [6.45, 7) is 3.84. The van der Waals surface area contributed by atoms with Crippen molar-refractivity contribution < 1.29 is 20.1 Å². The summed E-state index contributed by atoms with van der Waals surface area (Å²) in [6, 6.07) is 11.0. The molecule has 4 heteroatoms. The summed E-state index contributed by atoms with van der Waals surface area (Å²) in [6.07, 6.45) is -1.04. The van der Waals surface area contributed by atoms with Crippen molar-refractivity contribution in [2.24, 2.45) is 0 Å². The average molecular weight is 272 g/mol. The highest BCUT2D eigenvalue weighted by molar-refractivity contribution is 5.69. The number of ether oxygens (including phenoxy) is 1. The van der Waals surface area contributed by atoms with Gasteiger partial charge in [-0.3, -0.25) is 0 Å². The third-order valence-electron chi connectivity index (χ3n) is 3.10. The van der Waals surface area contributed by atoms with Gasteiger partial charge >= 0.3 is 0 Å². The van der Waals surface area contributed by atoms with E-state index in [0.29, 0.717) is 22.4 Å². The molecule has 2 rings (SSSR count). The van der Waals surface area contributed by atoms with Crippen LogP contribution in [0.4, 0.5) is 0 Å². The molecule has 20 heavy (non-hydrogen) atoms. The zero-order valence-corrected chi connectivity index (χ0v) is 11.1. The summed E-state index contributed by atoms with van der Waals surface area (Å²) in [4.78, 5) is 0. The van der Waals surface area contributed by atoms with Crippen LogP contribution in [-0.4, -0.2) is 22.4 Å². The smallest absolute Gasteiger partial charge is 0.125 e. The fourth-order valence-corrected chi connectivity index (χ4v) is 1.90. The monoisotopic (exact) mass is 272 g/mol. The van der Waals surface area contributed by atoms with Gasteiger partial charge in [-0.1, -0.05) is 18.7 Å². The molecule has 104 valence electrons. The standard InChI is InChI=1S/C16H16O4/c1-10(11-3-5-12(17)6-4-11)16(19)14-8-7-13(20-2)9-15(14)18/h3-9,16-19H,1H2,2H3. The molecule has 0 aliphatic heterocycles. The fourth-order valence-electron chi connectivity index (χ4n) is 1.90. The Kier molecular flexibility index (Phi) is 3.96.